The van der Waals surface area contributed by atoms with Crippen LogP contribution in [0.15, 0.2) is 30.3 Å². The third kappa shape index (κ3) is 5.91. The molecule has 0 aromatic heterocycles. The lowest BCUT2D eigenvalue weighted by Crippen LogP contribution is -2.36. The van der Waals surface area contributed by atoms with Crippen LogP contribution in [-0.4, -0.2) is 41.7 Å². The Morgan fingerprint density at radius 2 is 1.85 bits per heavy atom. The fourth-order valence-corrected chi connectivity index (χ4v) is 4.85. The molecule has 184 valence electrons. The smallest absolute Gasteiger partial charge is 0.335 e. The molecule has 6 nitrogen and oxygen atoms in total. The van der Waals surface area contributed by atoms with Crippen molar-refractivity contribution < 1.29 is 19.8 Å². The van der Waals surface area contributed by atoms with Crippen molar-refractivity contribution in [1.82, 2.24) is 5.32 Å². The highest BCUT2D eigenvalue weighted by atomic mass is 16.4. The maximum atomic E-state index is 12.6. The molecule has 2 aromatic carbocycles. The van der Waals surface area contributed by atoms with Crippen LogP contribution in [-0.2, 0) is 12.8 Å². The first-order chi connectivity index (χ1) is 16.1. The molecule has 0 radical (unpaired) electrons. The molecule has 1 heterocycles. The van der Waals surface area contributed by atoms with Gasteiger partial charge in [-0.3, -0.25) is 4.79 Å². The van der Waals surface area contributed by atoms with Gasteiger partial charge in [0.05, 0.1) is 11.1 Å². The number of carbonyl (C=O) groups excluding carboxylic acids is 1. The summed E-state index contributed by atoms with van der Waals surface area (Å²) in [7, 11) is 0. The number of nitrogens with zero attached hydrogens (tertiary/aromatic N) is 1. The van der Waals surface area contributed by atoms with Crippen LogP contribution in [0.25, 0.3) is 0 Å². The molecule has 0 saturated carbocycles. The van der Waals surface area contributed by atoms with E-state index in [1.807, 2.05) is 13.0 Å². The van der Waals surface area contributed by atoms with E-state index in [2.05, 4.69) is 31.0 Å². The third-order valence-electron chi connectivity index (χ3n) is 6.78. The second kappa shape index (κ2) is 10.9. The van der Waals surface area contributed by atoms with Gasteiger partial charge in [0.25, 0.3) is 5.91 Å². The van der Waals surface area contributed by atoms with Crippen LogP contribution in [0.2, 0.25) is 0 Å². The molecule has 1 aliphatic rings. The van der Waals surface area contributed by atoms with E-state index in [4.69, 9.17) is 0 Å². The van der Waals surface area contributed by atoms with Gasteiger partial charge in [-0.15, -0.1) is 0 Å². The number of unbranched alkanes of at least 4 members (excludes halogenated alkanes) is 3. The Kier molecular flexibility index (Phi) is 8.24. The largest absolute Gasteiger partial charge is 0.507 e. The Morgan fingerprint density at radius 3 is 2.53 bits per heavy atom. The molecule has 34 heavy (non-hydrogen) atoms. The summed E-state index contributed by atoms with van der Waals surface area (Å²) in [4.78, 5) is 27.0. The van der Waals surface area contributed by atoms with Crippen molar-refractivity contribution in [3.63, 3.8) is 0 Å². The fraction of sp³-hybridized carbons (Fsp3) is 0.500. The SMILES string of the molecule is CCCCCCN1CCc2cc(C(=O)O)c(C)c(CC(C)(C)CNC(=O)c3ccccc3O)c21. The number of amides is 1. The van der Waals surface area contributed by atoms with Gasteiger partial charge in [-0.25, -0.2) is 4.79 Å². The molecule has 2 aromatic rings. The molecule has 0 saturated heterocycles. The van der Waals surface area contributed by atoms with Crippen LogP contribution in [0.5, 0.6) is 5.75 Å². The van der Waals surface area contributed by atoms with Crippen molar-refractivity contribution in [3.05, 3.63) is 58.1 Å². The van der Waals surface area contributed by atoms with Crippen LogP contribution < -0.4 is 10.2 Å². The van der Waals surface area contributed by atoms with Crippen molar-refractivity contribution in [1.29, 1.82) is 0 Å². The molecular formula is C28H38N2O4. The number of hydrogen-bond acceptors (Lipinski definition) is 4. The number of anilines is 1. The minimum absolute atomic E-state index is 0.0423. The number of carboxylic acid groups (broad SMARTS) is 1. The predicted octanol–water partition coefficient (Wildman–Crippen LogP) is 5.34. The minimum atomic E-state index is -0.895. The average molecular weight is 467 g/mol. The third-order valence-corrected chi connectivity index (χ3v) is 6.78. The van der Waals surface area contributed by atoms with E-state index in [1.54, 1.807) is 18.2 Å². The minimum Gasteiger partial charge on any atom is -0.507 e. The summed E-state index contributed by atoms with van der Waals surface area (Å²) in [6.45, 7) is 10.6. The van der Waals surface area contributed by atoms with Gasteiger partial charge in [-0.2, -0.15) is 0 Å². The van der Waals surface area contributed by atoms with Crippen molar-refractivity contribution in [2.24, 2.45) is 5.41 Å². The number of nitrogens with one attached hydrogen (secondary N) is 1. The molecule has 3 N–H and O–H groups in total. The maximum absolute atomic E-state index is 12.6. The van der Waals surface area contributed by atoms with Crippen molar-refractivity contribution in [3.8, 4) is 5.75 Å². The van der Waals surface area contributed by atoms with Gasteiger partial charge in [0.1, 0.15) is 5.75 Å². The molecule has 0 unspecified atom stereocenters. The number of carboxylic acids is 1. The van der Waals surface area contributed by atoms with E-state index < -0.39 is 5.97 Å². The molecule has 3 rings (SSSR count). The first-order valence-corrected chi connectivity index (χ1v) is 12.3. The standard InChI is InChI=1S/C28H38N2O4/c1-5-6-7-10-14-30-15-13-20-16-22(27(33)34)19(2)23(25(20)30)17-28(3,4)18-29-26(32)21-11-8-9-12-24(21)31/h8-9,11-12,16,31H,5-7,10,13-15,17-18H2,1-4H3,(H,29,32)(H,33,34). The van der Waals surface area contributed by atoms with Crippen molar-refractivity contribution >= 4 is 17.6 Å². The topological polar surface area (TPSA) is 89.9 Å². The molecule has 0 fully saturated rings. The van der Waals surface area contributed by atoms with Gasteiger partial charge in [0.15, 0.2) is 0 Å². The molecular weight excluding hydrogens is 428 g/mol. The van der Waals surface area contributed by atoms with E-state index in [0.29, 0.717) is 18.5 Å². The van der Waals surface area contributed by atoms with Gasteiger partial charge in [0.2, 0.25) is 0 Å². The van der Waals surface area contributed by atoms with Gasteiger partial charge in [-0.05, 0) is 66.5 Å². The molecule has 1 amide bonds. The normalized spacial score (nSPS) is 13.1. The summed E-state index contributed by atoms with van der Waals surface area (Å²) < 4.78 is 0. The molecule has 0 atom stereocenters. The Bertz CT molecular complexity index is 1040. The van der Waals surface area contributed by atoms with E-state index in [9.17, 15) is 19.8 Å². The van der Waals surface area contributed by atoms with Gasteiger partial charge >= 0.3 is 5.97 Å². The fourth-order valence-electron chi connectivity index (χ4n) is 4.85. The quantitative estimate of drug-likeness (QED) is 0.389. The number of para-hydroxylation sites is 1. The summed E-state index contributed by atoms with van der Waals surface area (Å²) >= 11 is 0. The van der Waals surface area contributed by atoms with E-state index in [1.165, 1.54) is 31.0 Å². The van der Waals surface area contributed by atoms with Gasteiger partial charge < -0.3 is 20.4 Å². The highest BCUT2D eigenvalue weighted by Crippen LogP contribution is 2.39. The second-order valence-electron chi connectivity index (χ2n) is 10.2. The Morgan fingerprint density at radius 1 is 1.12 bits per heavy atom. The maximum Gasteiger partial charge on any atom is 0.335 e. The average Bonchev–Trinajstić information content (AvgIpc) is 3.20. The van der Waals surface area contributed by atoms with Crippen LogP contribution >= 0.6 is 0 Å². The van der Waals surface area contributed by atoms with Gasteiger partial charge in [0, 0.05) is 25.3 Å². The highest BCUT2D eigenvalue weighted by Gasteiger charge is 2.30. The number of fused-ring (bicyclic) bond motifs is 1. The van der Waals surface area contributed by atoms with E-state index >= 15 is 0 Å². The summed E-state index contributed by atoms with van der Waals surface area (Å²) in [6.07, 6.45) is 6.27. The zero-order chi connectivity index (χ0) is 24.9. The van der Waals surface area contributed by atoms with Crippen LogP contribution in [0.4, 0.5) is 5.69 Å². The lowest BCUT2D eigenvalue weighted by atomic mass is 9.81. The second-order valence-corrected chi connectivity index (χ2v) is 10.2. The number of hydrogen-bond donors (Lipinski definition) is 3. The number of phenolic OH excluding ortho intramolecular Hbond substituents is 1. The number of benzene rings is 2. The molecule has 0 aliphatic carbocycles. The Balaban J connectivity index is 1.83. The molecule has 1 aliphatic heterocycles. The van der Waals surface area contributed by atoms with Crippen molar-refractivity contribution in [2.45, 2.75) is 66.2 Å². The summed E-state index contributed by atoms with van der Waals surface area (Å²) in [6, 6.07) is 8.36. The van der Waals surface area contributed by atoms with E-state index in [-0.39, 0.29) is 22.6 Å². The van der Waals surface area contributed by atoms with Crippen LogP contribution in [0, 0.1) is 12.3 Å². The zero-order valence-electron chi connectivity index (χ0n) is 20.9. The highest BCUT2D eigenvalue weighted by molar-refractivity contribution is 5.96. The van der Waals surface area contributed by atoms with Crippen LogP contribution in [0.1, 0.15) is 83.9 Å². The first kappa shape index (κ1) is 25.6. The number of aromatic carboxylic acids is 1. The lowest BCUT2D eigenvalue weighted by molar-refractivity contribution is 0.0695. The van der Waals surface area contributed by atoms with Gasteiger partial charge in [-0.1, -0.05) is 52.2 Å². The molecule has 6 heteroatoms. The summed E-state index contributed by atoms with van der Waals surface area (Å²) in [5.74, 6) is -1.25. The Labute approximate surface area is 203 Å². The molecule has 0 spiro atoms. The van der Waals surface area contributed by atoms with Crippen molar-refractivity contribution in [2.75, 3.05) is 24.5 Å². The summed E-state index contributed by atoms with van der Waals surface area (Å²) in [5.41, 5.74) is 4.50. The number of rotatable bonds is 11. The Hall–Kier alpha value is -3.02. The number of aromatic hydroxyl groups is 1. The predicted molar refractivity (Wildman–Crippen MR) is 136 cm³/mol. The first-order valence-electron chi connectivity index (χ1n) is 12.3. The van der Waals surface area contributed by atoms with Crippen LogP contribution in [0.3, 0.4) is 0 Å². The van der Waals surface area contributed by atoms with E-state index in [0.717, 1.165) is 42.6 Å². The number of carbonyl (C=O) groups is 2. The molecule has 0 bridgehead atoms. The number of phenols is 1. The lowest BCUT2D eigenvalue weighted by Gasteiger charge is -2.30. The monoisotopic (exact) mass is 466 g/mol. The summed E-state index contributed by atoms with van der Waals surface area (Å²) in [5, 5.41) is 22.8. The zero-order valence-corrected chi connectivity index (χ0v) is 20.9.